The molecular formula is C23H31FN4O4S. The first-order valence-corrected chi connectivity index (χ1v) is 12.4. The maximum absolute atomic E-state index is 13.1. The second kappa shape index (κ2) is 12.4. The molecule has 0 aliphatic carbocycles. The molecule has 8 nitrogen and oxygen atoms in total. The summed E-state index contributed by atoms with van der Waals surface area (Å²) in [4.78, 5) is 27.0. The lowest BCUT2D eigenvalue weighted by atomic mass is 10.1. The highest BCUT2D eigenvalue weighted by Crippen LogP contribution is 2.13. The number of hydrogen-bond acceptors (Lipinski definition) is 5. The number of likely N-dealkylation sites (N-methyl/N-ethyl adjacent to an activating group) is 1. The van der Waals surface area contributed by atoms with E-state index in [-0.39, 0.29) is 17.2 Å². The van der Waals surface area contributed by atoms with Gasteiger partial charge in [0.1, 0.15) is 11.9 Å². The van der Waals surface area contributed by atoms with E-state index in [0.29, 0.717) is 17.8 Å². The highest BCUT2D eigenvalue weighted by Gasteiger charge is 2.24. The molecule has 0 radical (unpaired) electrons. The van der Waals surface area contributed by atoms with Crippen molar-refractivity contribution in [3.05, 3.63) is 59.9 Å². The van der Waals surface area contributed by atoms with Crippen LogP contribution in [0.1, 0.15) is 37.6 Å². The molecule has 2 amide bonds. The molecule has 0 saturated carbocycles. The molecule has 2 rings (SSSR count). The van der Waals surface area contributed by atoms with Gasteiger partial charge in [0.25, 0.3) is 5.91 Å². The van der Waals surface area contributed by atoms with E-state index in [1.165, 1.54) is 0 Å². The highest BCUT2D eigenvalue weighted by atomic mass is 32.2. The molecule has 0 aliphatic rings. The van der Waals surface area contributed by atoms with Crippen LogP contribution >= 0.6 is 0 Å². The largest absolute Gasteiger partial charge is 0.351 e. The van der Waals surface area contributed by atoms with Gasteiger partial charge in [0, 0.05) is 24.3 Å². The van der Waals surface area contributed by atoms with Gasteiger partial charge in [-0.15, -0.1) is 0 Å². The molecule has 0 fully saturated rings. The number of carbonyl (C=O) groups is 2. The molecule has 1 atom stereocenters. The van der Waals surface area contributed by atoms with Gasteiger partial charge in [-0.3, -0.25) is 9.59 Å². The van der Waals surface area contributed by atoms with Gasteiger partial charge in [-0.2, -0.15) is 4.72 Å². The second-order valence-corrected chi connectivity index (χ2v) is 9.10. The highest BCUT2D eigenvalue weighted by molar-refractivity contribution is 7.89. The Bertz CT molecular complexity index is 1020. The summed E-state index contributed by atoms with van der Waals surface area (Å²) in [6, 6.07) is 9.66. The quantitative estimate of drug-likeness (QED) is 0.435. The van der Waals surface area contributed by atoms with Gasteiger partial charge in [0.2, 0.25) is 15.9 Å². The first-order chi connectivity index (χ1) is 15.7. The average molecular weight is 479 g/mol. The first-order valence-electron chi connectivity index (χ1n) is 10.9. The second-order valence-electron chi connectivity index (χ2n) is 7.39. The van der Waals surface area contributed by atoms with Crippen molar-refractivity contribution in [3.8, 4) is 0 Å². The molecule has 0 bridgehead atoms. The minimum Gasteiger partial charge on any atom is -0.351 e. The lowest BCUT2D eigenvalue weighted by Crippen LogP contribution is -2.43. The van der Waals surface area contributed by atoms with Crippen LogP contribution in [0.2, 0.25) is 0 Å². The topological polar surface area (TPSA) is 108 Å². The summed E-state index contributed by atoms with van der Waals surface area (Å²) in [5, 5.41) is 5.51. The van der Waals surface area contributed by atoms with Gasteiger partial charge in [-0.25, -0.2) is 12.8 Å². The monoisotopic (exact) mass is 478 g/mol. The van der Waals surface area contributed by atoms with Gasteiger partial charge in [-0.1, -0.05) is 20.8 Å². The van der Waals surface area contributed by atoms with Crippen molar-refractivity contribution in [1.29, 1.82) is 0 Å². The maximum Gasteiger partial charge on any atom is 0.251 e. The molecule has 180 valence electrons. The fourth-order valence-corrected chi connectivity index (χ4v) is 4.37. The standard InChI is InChI=1S/C23H31FN4O4S/c1-4-21(27-33(31,32)20-13-9-18(24)10-14-20)23(30)26-19-11-7-17(8-12-19)22(29)25-15-16-28(5-2)6-3/h7-14,21,27H,4-6,15-16H2,1-3H3,(H,25,29)(H,26,30). The van der Waals surface area contributed by atoms with Crippen molar-refractivity contribution in [2.24, 2.45) is 0 Å². The van der Waals surface area contributed by atoms with Crippen LogP contribution in [0.25, 0.3) is 0 Å². The third-order valence-electron chi connectivity index (χ3n) is 5.17. The van der Waals surface area contributed by atoms with E-state index < -0.39 is 27.8 Å². The number of hydrogen-bond donors (Lipinski definition) is 3. The fraction of sp³-hybridized carbons (Fsp3) is 0.391. The number of anilines is 1. The summed E-state index contributed by atoms with van der Waals surface area (Å²) in [5.41, 5.74) is 0.885. The number of carbonyl (C=O) groups excluding carboxylic acids is 2. The third-order valence-corrected chi connectivity index (χ3v) is 6.66. The van der Waals surface area contributed by atoms with Crippen molar-refractivity contribution in [1.82, 2.24) is 14.9 Å². The molecule has 0 saturated heterocycles. The number of benzene rings is 2. The Balaban J connectivity index is 1.95. The molecular weight excluding hydrogens is 447 g/mol. The predicted octanol–water partition coefficient (Wildman–Crippen LogP) is 2.59. The van der Waals surface area contributed by atoms with Crippen LogP contribution in [0.15, 0.2) is 53.4 Å². The molecule has 0 heterocycles. The summed E-state index contributed by atoms with van der Waals surface area (Å²) in [6.07, 6.45) is 0.208. The molecule has 1 unspecified atom stereocenters. The summed E-state index contributed by atoms with van der Waals surface area (Å²) in [5.74, 6) is -1.31. The minimum atomic E-state index is -4.00. The van der Waals surface area contributed by atoms with Gasteiger partial charge in [0.15, 0.2) is 0 Å². The van der Waals surface area contributed by atoms with E-state index >= 15 is 0 Å². The van der Waals surface area contributed by atoms with E-state index in [4.69, 9.17) is 0 Å². The Morgan fingerprint density at radius 2 is 1.58 bits per heavy atom. The molecule has 0 spiro atoms. The number of sulfonamides is 1. The van der Waals surface area contributed by atoms with Gasteiger partial charge in [-0.05, 0) is 68.0 Å². The molecule has 0 aromatic heterocycles. The zero-order valence-corrected chi connectivity index (χ0v) is 19.9. The maximum atomic E-state index is 13.1. The van der Waals surface area contributed by atoms with E-state index in [9.17, 15) is 22.4 Å². The Morgan fingerprint density at radius 1 is 0.970 bits per heavy atom. The normalized spacial score (nSPS) is 12.4. The SMILES string of the molecule is CCC(NS(=O)(=O)c1ccc(F)cc1)C(=O)Nc1ccc(C(=O)NCCN(CC)CC)cc1. The Morgan fingerprint density at radius 3 is 2.12 bits per heavy atom. The van der Waals surface area contributed by atoms with Gasteiger partial charge < -0.3 is 15.5 Å². The van der Waals surface area contributed by atoms with E-state index in [1.54, 1.807) is 31.2 Å². The first kappa shape index (κ1) is 26.4. The van der Waals surface area contributed by atoms with E-state index in [2.05, 4.69) is 34.1 Å². The predicted molar refractivity (Wildman–Crippen MR) is 126 cm³/mol. The van der Waals surface area contributed by atoms with Crippen LogP contribution in [0.4, 0.5) is 10.1 Å². The number of amides is 2. The Kier molecular flexibility index (Phi) is 9.95. The van der Waals surface area contributed by atoms with Crippen LogP contribution in [-0.4, -0.2) is 57.4 Å². The van der Waals surface area contributed by atoms with Crippen LogP contribution in [-0.2, 0) is 14.8 Å². The summed E-state index contributed by atoms with van der Waals surface area (Å²) in [7, 11) is -4.00. The molecule has 2 aromatic carbocycles. The number of nitrogens with one attached hydrogen (secondary N) is 3. The molecule has 33 heavy (non-hydrogen) atoms. The average Bonchev–Trinajstić information content (AvgIpc) is 2.81. The minimum absolute atomic E-state index is 0.133. The summed E-state index contributed by atoms with van der Waals surface area (Å²) < 4.78 is 40.4. The smallest absolute Gasteiger partial charge is 0.251 e. The number of halogens is 1. The fourth-order valence-electron chi connectivity index (χ4n) is 3.10. The van der Waals surface area contributed by atoms with Gasteiger partial charge in [0.05, 0.1) is 4.90 Å². The van der Waals surface area contributed by atoms with Crippen molar-refractivity contribution < 1.29 is 22.4 Å². The third kappa shape index (κ3) is 7.92. The van der Waals surface area contributed by atoms with Crippen molar-refractivity contribution >= 4 is 27.5 Å². The van der Waals surface area contributed by atoms with Crippen molar-refractivity contribution in [2.45, 2.75) is 38.1 Å². The lowest BCUT2D eigenvalue weighted by Gasteiger charge is -2.18. The summed E-state index contributed by atoms with van der Waals surface area (Å²) in [6.45, 7) is 8.93. The van der Waals surface area contributed by atoms with E-state index in [0.717, 1.165) is 43.9 Å². The van der Waals surface area contributed by atoms with Crippen molar-refractivity contribution in [3.63, 3.8) is 0 Å². The summed E-state index contributed by atoms with van der Waals surface area (Å²) >= 11 is 0. The van der Waals surface area contributed by atoms with Crippen molar-refractivity contribution in [2.75, 3.05) is 31.5 Å². The molecule has 3 N–H and O–H groups in total. The lowest BCUT2D eigenvalue weighted by molar-refractivity contribution is -0.117. The molecule has 0 aliphatic heterocycles. The van der Waals surface area contributed by atoms with Crippen LogP contribution in [0.5, 0.6) is 0 Å². The zero-order valence-electron chi connectivity index (χ0n) is 19.1. The van der Waals surface area contributed by atoms with Crippen LogP contribution in [0, 0.1) is 5.82 Å². The van der Waals surface area contributed by atoms with Crippen LogP contribution in [0.3, 0.4) is 0 Å². The molecule has 10 heteroatoms. The zero-order chi connectivity index (χ0) is 24.4. The molecule has 2 aromatic rings. The Hall–Kier alpha value is -2.82. The number of rotatable bonds is 12. The van der Waals surface area contributed by atoms with Gasteiger partial charge >= 0.3 is 0 Å². The number of nitrogens with zero attached hydrogens (tertiary/aromatic N) is 1. The van der Waals surface area contributed by atoms with Crippen LogP contribution < -0.4 is 15.4 Å². The Labute approximate surface area is 194 Å². The van der Waals surface area contributed by atoms with E-state index in [1.807, 2.05) is 0 Å².